The first kappa shape index (κ1) is 16.4. The molecule has 0 heterocycles. The Balaban J connectivity index is 2.74. The molecule has 0 aromatic heterocycles. The first-order chi connectivity index (χ1) is 9.20. The summed E-state index contributed by atoms with van der Waals surface area (Å²) >= 11 is 3.34. The third-order valence-corrected chi connectivity index (χ3v) is 3.17. The lowest BCUT2D eigenvalue weighted by atomic mass is 9.87. The summed E-state index contributed by atoms with van der Waals surface area (Å²) in [5, 5.41) is 11.6. The van der Waals surface area contributed by atoms with Crippen LogP contribution in [0.4, 0.5) is 0 Å². The second-order valence-electron chi connectivity index (χ2n) is 5.53. The number of hydrogen-bond acceptors (Lipinski definition) is 2. The maximum atomic E-state index is 11.8. The summed E-state index contributed by atoms with van der Waals surface area (Å²) in [6.45, 7) is 5.30. The molecule has 0 fully saturated rings. The fraction of sp³-hybridized carbons (Fsp3) is 0.333. The molecule has 4 nitrogen and oxygen atoms in total. The van der Waals surface area contributed by atoms with E-state index in [1.165, 1.54) is 6.08 Å². The van der Waals surface area contributed by atoms with Crippen LogP contribution in [0.1, 0.15) is 26.3 Å². The topological polar surface area (TPSA) is 66.4 Å². The Morgan fingerprint density at radius 2 is 2.00 bits per heavy atom. The van der Waals surface area contributed by atoms with Crippen molar-refractivity contribution in [2.75, 3.05) is 0 Å². The summed E-state index contributed by atoms with van der Waals surface area (Å²) in [6, 6.07) is 6.53. The molecule has 2 N–H and O–H groups in total. The average molecular weight is 340 g/mol. The van der Waals surface area contributed by atoms with Crippen LogP contribution in [-0.4, -0.2) is 23.0 Å². The second-order valence-corrected chi connectivity index (χ2v) is 6.45. The van der Waals surface area contributed by atoms with Gasteiger partial charge in [-0.15, -0.1) is 0 Å². The van der Waals surface area contributed by atoms with E-state index in [9.17, 15) is 9.59 Å². The van der Waals surface area contributed by atoms with Crippen molar-refractivity contribution in [2.45, 2.75) is 26.8 Å². The van der Waals surface area contributed by atoms with Gasteiger partial charge in [0.15, 0.2) is 0 Å². The van der Waals surface area contributed by atoms with Gasteiger partial charge >= 0.3 is 5.97 Å². The Hall–Kier alpha value is -1.62. The lowest BCUT2D eigenvalue weighted by molar-refractivity contribution is -0.144. The van der Waals surface area contributed by atoms with Crippen molar-refractivity contribution in [1.82, 2.24) is 5.32 Å². The molecular formula is C15H18BrNO3. The van der Waals surface area contributed by atoms with Gasteiger partial charge in [0.2, 0.25) is 5.91 Å². The van der Waals surface area contributed by atoms with E-state index in [0.29, 0.717) is 0 Å². The van der Waals surface area contributed by atoms with E-state index in [4.69, 9.17) is 5.11 Å². The van der Waals surface area contributed by atoms with Crippen molar-refractivity contribution in [2.24, 2.45) is 5.41 Å². The summed E-state index contributed by atoms with van der Waals surface area (Å²) in [5.41, 5.74) is 0.308. The van der Waals surface area contributed by atoms with Crippen LogP contribution >= 0.6 is 15.9 Å². The van der Waals surface area contributed by atoms with Crippen molar-refractivity contribution in [3.63, 3.8) is 0 Å². The molecule has 0 radical (unpaired) electrons. The highest BCUT2D eigenvalue weighted by Gasteiger charge is 2.31. The molecule has 1 atom stereocenters. The number of carboxylic acids is 1. The minimum Gasteiger partial charge on any atom is -0.480 e. The zero-order valence-electron chi connectivity index (χ0n) is 11.7. The van der Waals surface area contributed by atoms with Gasteiger partial charge in [-0.3, -0.25) is 4.79 Å². The van der Waals surface area contributed by atoms with E-state index in [1.54, 1.807) is 26.8 Å². The predicted molar refractivity (Wildman–Crippen MR) is 82.2 cm³/mol. The van der Waals surface area contributed by atoms with Crippen LogP contribution in [-0.2, 0) is 9.59 Å². The number of hydrogen-bond donors (Lipinski definition) is 2. The zero-order chi connectivity index (χ0) is 15.3. The Labute approximate surface area is 127 Å². The van der Waals surface area contributed by atoms with E-state index in [-0.39, 0.29) is 0 Å². The summed E-state index contributed by atoms with van der Waals surface area (Å²) in [4.78, 5) is 22.9. The van der Waals surface area contributed by atoms with Gasteiger partial charge < -0.3 is 10.4 Å². The van der Waals surface area contributed by atoms with Crippen molar-refractivity contribution in [1.29, 1.82) is 0 Å². The van der Waals surface area contributed by atoms with Crippen molar-refractivity contribution in [3.05, 3.63) is 40.4 Å². The van der Waals surface area contributed by atoms with Gasteiger partial charge in [0, 0.05) is 10.5 Å². The van der Waals surface area contributed by atoms with E-state index in [2.05, 4.69) is 21.2 Å². The Morgan fingerprint density at radius 3 is 2.50 bits per heavy atom. The van der Waals surface area contributed by atoms with Crippen LogP contribution in [0, 0.1) is 5.41 Å². The van der Waals surface area contributed by atoms with Gasteiger partial charge in [0.25, 0.3) is 0 Å². The molecule has 1 aromatic rings. The Bertz CT molecular complexity index is 532. The van der Waals surface area contributed by atoms with Gasteiger partial charge in [-0.1, -0.05) is 48.8 Å². The number of aliphatic carboxylic acids is 1. The van der Waals surface area contributed by atoms with E-state index in [1.807, 2.05) is 24.3 Å². The molecule has 1 rings (SSSR count). The van der Waals surface area contributed by atoms with Gasteiger partial charge in [-0.25, -0.2) is 4.79 Å². The molecule has 0 aliphatic heterocycles. The highest BCUT2D eigenvalue weighted by Crippen LogP contribution is 2.19. The maximum absolute atomic E-state index is 11.8. The highest BCUT2D eigenvalue weighted by atomic mass is 79.9. The third kappa shape index (κ3) is 5.17. The van der Waals surface area contributed by atoms with Crippen LogP contribution in [0.25, 0.3) is 6.08 Å². The van der Waals surface area contributed by atoms with Gasteiger partial charge in [0.05, 0.1) is 0 Å². The molecule has 20 heavy (non-hydrogen) atoms. The minimum atomic E-state index is -1.04. The number of amides is 1. The van der Waals surface area contributed by atoms with Crippen LogP contribution in [0.5, 0.6) is 0 Å². The average Bonchev–Trinajstić information content (AvgIpc) is 2.31. The van der Waals surface area contributed by atoms with Crippen molar-refractivity contribution >= 4 is 33.9 Å². The molecule has 0 aliphatic rings. The summed E-state index contributed by atoms with van der Waals surface area (Å²) in [5.74, 6) is -1.46. The normalized spacial score (nSPS) is 13.2. The molecule has 1 unspecified atom stereocenters. The Kier molecular flexibility index (Phi) is 5.51. The Morgan fingerprint density at radius 1 is 1.35 bits per heavy atom. The molecule has 0 saturated heterocycles. The number of nitrogens with one attached hydrogen (secondary N) is 1. The summed E-state index contributed by atoms with van der Waals surface area (Å²) in [7, 11) is 0. The van der Waals surface area contributed by atoms with E-state index in [0.717, 1.165) is 10.0 Å². The SMILES string of the molecule is CC(C)(C)C(NC(=O)/C=C/c1cccc(Br)c1)C(=O)O. The number of carbonyl (C=O) groups is 2. The fourth-order valence-electron chi connectivity index (χ4n) is 1.62. The number of benzene rings is 1. The van der Waals surface area contributed by atoms with Crippen LogP contribution in [0.3, 0.4) is 0 Å². The molecule has 108 valence electrons. The van der Waals surface area contributed by atoms with Gasteiger partial charge in [-0.2, -0.15) is 0 Å². The maximum Gasteiger partial charge on any atom is 0.326 e. The first-order valence-corrected chi connectivity index (χ1v) is 6.96. The lowest BCUT2D eigenvalue weighted by Crippen LogP contribution is -2.48. The van der Waals surface area contributed by atoms with Crippen LogP contribution < -0.4 is 5.32 Å². The molecule has 0 saturated carbocycles. The number of halogens is 1. The second kappa shape index (κ2) is 6.70. The summed E-state index contributed by atoms with van der Waals surface area (Å²) < 4.78 is 0.915. The number of rotatable bonds is 4. The van der Waals surface area contributed by atoms with Crippen molar-refractivity contribution in [3.8, 4) is 0 Å². The molecule has 0 bridgehead atoms. The molecule has 0 aliphatic carbocycles. The standard InChI is InChI=1S/C15H18BrNO3/c1-15(2,3)13(14(19)20)17-12(18)8-7-10-5-4-6-11(16)9-10/h4-9,13H,1-3H3,(H,17,18)(H,19,20)/b8-7+. The monoisotopic (exact) mass is 339 g/mol. The van der Waals surface area contributed by atoms with Crippen LogP contribution in [0.2, 0.25) is 0 Å². The molecule has 1 amide bonds. The molecule has 5 heteroatoms. The quantitative estimate of drug-likeness (QED) is 0.828. The van der Waals surface area contributed by atoms with Crippen molar-refractivity contribution < 1.29 is 14.7 Å². The third-order valence-electron chi connectivity index (χ3n) is 2.68. The largest absolute Gasteiger partial charge is 0.480 e. The lowest BCUT2D eigenvalue weighted by Gasteiger charge is -2.27. The van der Waals surface area contributed by atoms with E-state index >= 15 is 0 Å². The zero-order valence-corrected chi connectivity index (χ0v) is 13.3. The molecule has 1 aromatic carbocycles. The highest BCUT2D eigenvalue weighted by molar-refractivity contribution is 9.10. The van der Waals surface area contributed by atoms with Crippen LogP contribution in [0.15, 0.2) is 34.8 Å². The summed E-state index contributed by atoms with van der Waals surface area (Å²) in [6.07, 6.45) is 2.98. The fourth-order valence-corrected chi connectivity index (χ4v) is 2.04. The minimum absolute atomic E-state index is 0.424. The molecular weight excluding hydrogens is 322 g/mol. The van der Waals surface area contributed by atoms with E-state index < -0.39 is 23.3 Å². The first-order valence-electron chi connectivity index (χ1n) is 6.17. The number of carboxylic acid groups (broad SMARTS) is 1. The smallest absolute Gasteiger partial charge is 0.326 e. The van der Waals surface area contributed by atoms with Gasteiger partial charge in [-0.05, 0) is 29.2 Å². The predicted octanol–water partition coefficient (Wildman–Crippen LogP) is 3.08. The molecule has 0 spiro atoms. The number of carbonyl (C=O) groups excluding carboxylic acids is 1. The van der Waals surface area contributed by atoms with Gasteiger partial charge in [0.1, 0.15) is 6.04 Å².